The Bertz CT molecular complexity index is 609. The molecule has 0 aliphatic carbocycles. The number of rotatable bonds is 5. The van der Waals surface area contributed by atoms with Gasteiger partial charge in [-0.25, -0.2) is 0 Å². The molecule has 1 N–H and O–H groups in total. The Balaban J connectivity index is 1.97. The van der Waals surface area contributed by atoms with Crippen LogP contribution in [0.1, 0.15) is 35.2 Å². The van der Waals surface area contributed by atoms with Gasteiger partial charge in [-0.1, -0.05) is 6.08 Å². The van der Waals surface area contributed by atoms with E-state index in [-0.39, 0.29) is 17.9 Å². The highest BCUT2D eigenvalue weighted by Gasteiger charge is 2.27. The standard InChI is InChI=1S/C18H27N3O3/c1-5-7-19-17(22)14(3)20-8-6-9-21(11-10-20)18(23)16-12-13(2)24-15(16)4/h5,12,14H,1,6-11H2,2-4H3,(H,19,22). The van der Waals surface area contributed by atoms with Crippen LogP contribution in [0.15, 0.2) is 23.1 Å². The van der Waals surface area contributed by atoms with Crippen molar-refractivity contribution in [2.75, 3.05) is 32.7 Å². The number of hydrogen-bond acceptors (Lipinski definition) is 4. The van der Waals surface area contributed by atoms with Crippen molar-refractivity contribution in [1.29, 1.82) is 0 Å². The first-order valence-electron chi connectivity index (χ1n) is 8.43. The van der Waals surface area contributed by atoms with Crippen LogP contribution in [0, 0.1) is 13.8 Å². The summed E-state index contributed by atoms with van der Waals surface area (Å²) in [6.07, 6.45) is 2.52. The summed E-state index contributed by atoms with van der Waals surface area (Å²) in [5, 5.41) is 2.83. The van der Waals surface area contributed by atoms with E-state index in [1.807, 2.05) is 25.7 Å². The fourth-order valence-corrected chi connectivity index (χ4v) is 3.03. The molecule has 1 aliphatic heterocycles. The van der Waals surface area contributed by atoms with Gasteiger partial charge in [0, 0.05) is 32.7 Å². The summed E-state index contributed by atoms with van der Waals surface area (Å²) in [4.78, 5) is 28.8. The van der Waals surface area contributed by atoms with Gasteiger partial charge in [0.2, 0.25) is 5.91 Å². The zero-order valence-corrected chi connectivity index (χ0v) is 14.8. The molecule has 2 rings (SSSR count). The molecule has 0 radical (unpaired) electrons. The SMILES string of the molecule is C=CCNC(=O)C(C)N1CCCN(C(=O)c2cc(C)oc2C)CC1. The Kier molecular flexibility index (Phi) is 6.20. The fraction of sp³-hybridized carbons (Fsp3) is 0.556. The Morgan fingerprint density at radius 2 is 2.08 bits per heavy atom. The Morgan fingerprint density at radius 1 is 1.33 bits per heavy atom. The van der Waals surface area contributed by atoms with Crippen molar-refractivity contribution in [1.82, 2.24) is 15.1 Å². The van der Waals surface area contributed by atoms with Gasteiger partial charge >= 0.3 is 0 Å². The lowest BCUT2D eigenvalue weighted by molar-refractivity contribution is -0.125. The second-order valence-corrected chi connectivity index (χ2v) is 6.22. The van der Waals surface area contributed by atoms with Crippen molar-refractivity contribution < 1.29 is 14.0 Å². The number of carbonyl (C=O) groups excluding carboxylic acids is 2. The normalized spacial score (nSPS) is 17.2. The van der Waals surface area contributed by atoms with E-state index < -0.39 is 0 Å². The third-order valence-electron chi connectivity index (χ3n) is 4.44. The molecule has 0 spiro atoms. The summed E-state index contributed by atoms with van der Waals surface area (Å²) < 4.78 is 5.47. The molecule has 1 aliphatic rings. The quantitative estimate of drug-likeness (QED) is 0.834. The lowest BCUT2D eigenvalue weighted by atomic mass is 10.2. The zero-order valence-electron chi connectivity index (χ0n) is 14.8. The van der Waals surface area contributed by atoms with Crippen LogP contribution in [0.2, 0.25) is 0 Å². The van der Waals surface area contributed by atoms with Crippen molar-refractivity contribution in [2.24, 2.45) is 0 Å². The average molecular weight is 333 g/mol. The van der Waals surface area contributed by atoms with Crippen LogP contribution in [0.4, 0.5) is 0 Å². The number of amides is 2. The first-order chi connectivity index (χ1) is 11.4. The molecule has 2 amide bonds. The van der Waals surface area contributed by atoms with Gasteiger partial charge in [0.05, 0.1) is 11.6 Å². The number of furan rings is 1. The number of nitrogens with one attached hydrogen (secondary N) is 1. The molecule has 0 aromatic carbocycles. The van der Waals surface area contributed by atoms with Crippen LogP contribution in [0.25, 0.3) is 0 Å². The molecule has 1 aromatic heterocycles. The van der Waals surface area contributed by atoms with Crippen molar-refractivity contribution in [3.63, 3.8) is 0 Å². The molecular formula is C18H27N3O3. The molecule has 1 fully saturated rings. The highest BCUT2D eigenvalue weighted by molar-refractivity contribution is 5.95. The maximum Gasteiger partial charge on any atom is 0.257 e. The highest BCUT2D eigenvalue weighted by atomic mass is 16.3. The number of carbonyl (C=O) groups is 2. The maximum atomic E-state index is 12.7. The van der Waals surface area contributed by atoms with E-state index in [2.05, 4.69) is 16.8 Å². The predicted molar refractivity (Wildman–Crippen MR) is 92.9 cm³/mol. The van der Waals surface area contributed by atoms with Crippen LogP contribution < -0.4 is 5.32 Å². The minimum absolute atomic E-state index is 0.00372. The molecule has 24 heavy (non-hydrogen) atoms. The van der Waals surface area contributed by atoms with Crippen LogP contribution in [-0.2, 0) is 4.79 Å². The molecule has 0 bridgehead atoms. The molecular weight excluding hydrogens is 306 g/mol. The molecule has 1 saturated heterocycles. The number of hydrogen-bond donors (Lipinski definition) is 1. The van der Waals surface area contributed by atoms with Crippen LogP contribution >= 0.6 is 0 Å². The lowest BCUT2D eigenvalue weighted by Crippen LogP contribution is -2.46. The second-order valence-electron chi connectivity index (χ2n) is 6.22. The van der Waals surface area contributed by atoms with Gasteiger partial charge in [-0.2, -0.15) is 0 Å². The van der Waals surface area contributed by atoms with Crippen LogP contribution in [0.3, 0.4) is 0 Å². The van der Waals surface area contributed by atoms with Gasteiger partial charge in [0.1, 0.15) is 11.5 Å². The Hall–Kier alpha value is -2.08. The van der Waals surface area contributed by atoms with Gasteiger partial charge in [-0.3, -0.25) is 14.5 Å². The van der Waals surface area contributed by atoms with Crippen LogP contribution in [0.5, 0.6) is 0 Å². The molecule has 6 heteroatoms. The summed E-state index contributed by atoms with van der Waals surface area (Å²) in [7, 11) is 0. The van der Waals surface area contributed by atoms with E-state index in [1.165, 1.54) is 0 Å². The zero-order chi connectivity index (χ0) is 17.7. The van der Waals surface area contributed by atoms with Crippen LogP contribution in [-0.4, -0.2) is 60.4 Å². The Morgan fingerprint density at radius 3 is 2.71 bits per heavy atom. The van der Waals surface area contributed by atoms with E-state index in [1.54, 1.807) is 12.1 Å². The summed E-state index contributed by atoms with van der Waals surface area (Å²) in [5.74, 6) is 1.42. The molecule has 2 heterocycles. The molecule has 1 atom stereocenters. The van der Waals surface area contributed by atoms with Crippen molar-refractivity contribution in [3.8, 4) is 0 Å². The van der Waals surface area contributed by atoms with Gasteiger partial charge in [-0.05, 0) is 33.3 Å². The first-order valence-corrected chi connectivity index (χ1v) is 8.43. The molecule has 1 aromatic rings. The van der Waals surface area contributed by atoms with E-state index in [9.17, 15) is 9.59 Å². The second kappa shape index (κ2) is 8.15. The van der Waals surface area contributed by atoms with E-state index >= 15 is 0 Å². The maximum absolute atomic E-state index is 12.7. The molecule has 6 nitrogen and oxygen atoms in total. The minimum atomic E-state index is -0.210. The first kappa shape index (κ1) is 18.3. The summed E-state index contributed by atoms with van der Waals surface area (Å²) >= 11 is 0. The minimum Gasteiger partial charge on any atom is -0.466 e. The summed E-state index contributed by atoms with van der Waals surface area (Å²) in [6, 6.07) is 1.59. The van der Waals surface area contributed by atoms with Gasteiger partial charge in [0.25, 0.3) is 5.91 Å². The average Bonchev–Trinajstić information content (AvgIpc) is 2.77. The number of nitrogens with zero attached hydrogens (tertiary/aromatic N) is 2. The monoisotopic (exact) mass is 333 g/mol. The Labute approximate surface area is 143 Å². The van der Waals surface area contributed by atoms with Gasteiger partial charge < -0.3 is 14.6 Å². The topological polar surface area (TPSA) is 65.8 Å². The molecule has 0 saturated carbocycles. The predicted octanol–water partition coefficient (Wildman–Crippen LogP) is 1.74. The third-order valence-corrected chi connectivity index (χ3v) is 4.44. The fourth-order valence-electron chi connectivity index (χ4n) is 3.03. The van der Waals surface area contributed by atoms with Crippen molar-refractivity contribution in [2.45, 2.75) is 33.2 Å². The molecule has 132 valence electrons. The summed E-state index contributed by atoms with van der Waals surface area (Å²) in [5.41, 5.74) is 0.637. The van der Waals surface area contributed by atoms with Gasteiger partial charge in [-0.15, -0.1) is 6.58 Å². The lowest BCUT2D eigenvalue weighted by Gasteiger charge is -2.26. The molecule has 1 unspecified atom stereocenters. The van der Waals surface area contributed by atoms with Crippen molar-refractivity contribution >= 4 is 11.8 Å². The smallest absolute Gasteiger partial charge is 0.257 e. The van der Waals surface area contributed by atoms with E-state index in [4.69, 9.17) is 4.42 Å². The van der Waals surface area contributed by atoms with Gasteiger partial charge in [0.15, 0.2) is 0 Å². The third kappa shape index (κ3) is 4.26. The summed E-state index contributed by atoms with van der Waals surface area (Å²) in [6.45, 7) is 12.4. The van der Waals surface area contributed by atoms with Crippen molar-refractivity contribution in [3.05, 3.63) is 35.8 Å². The van der Waals surface area contributed by atoms with E-state index in [0.717, 1.165) is 18.7 Å². The highest BCUT2D eigenvalue weighted by Crippen LogP contribution is 2.17. The largest absolute Gasteiger partial charge is 0.466 e. The number of aryl methyl sites for hydroxylation is 2. The van der Waals surface area contributed by atoms with E-state index in [0.29, 0.717) is 37.5 Å².